The fourth-order valence-corrected chi connectivity index (χ4v) is 3.72. The second kappa shape index (κ2) is 5.85. The Hall–Kier alpha value is -1.27. The van der Waals surface area contributed by atoms with E-state index in [1.165, 1.54) is 0 Å². The number of rotatable bonds is 4. The number of hydrogen-bond acceptors (Lipinski definition) is 5. The van der Waals surface area contributed by atoms with E-state index in [9.17, 15) is 8.42 Å². The lowest BCUT2D eigenvalue weighted by molar-refractivity contribution is 0.0152. The van der Waals surface area contributed by atoms with E-state index >= 15 is 0 Å². The van der Waals surface area contributed by atoms with Crippen LogP contribution in [0, 0.1) is 6.92 Å². The fraction of sp³-hybridized carbons (Fsp3) is 0.500. The number of nitrogens with zero attached hydrogens (tertiary/aromatic N) is 1. The molecule has 0 N–H and O–H groups in total. The highest BCUT2D eigenvalue weighted by Crippen LogP contribution is 2.28. The first kappa shape index (κ1) is 16.1. The van der Waals surface area contributed by atoms with Gasteiger partial charge in [0.15, 0.2) is 20.5 Å². The third-order valence-electron chi connectivity index (χ3n) is 3.35. The molecule has 0 saturated carbocycles. The van der Waals surface area contributed by atoms with Crippen molar-refractivity contribution in [2.45, 2.75) is 31.6 Å². The molecule has 1 aliphatic heterocycles. The third kappa shape index (κ3) is 3.49. The van der Waals surface area contributed by atoms with Crippen LogP contribution in [0.1, 0.15) is 24.5 Å². The van der Waals surface area contributed by atoms with Crippen LogP contribution in [0.2, 0.25) is 0 Å². The Bertz CT molecular complexity index is 672. The van der Waals surface area contributed by atoms with Crippen molar-refractivity contribution < 1.29 is 18.0 Å². The molecule has 0 amide bonds. The number of hydrogen-bond donors (Lipinski definition) is 0. The minimum Gasteiger partial charge on any atom is -0.496 e. The third-order valence-corrected chi connectivity index (χ3v) is 5.57. The molecule has 1 aromatic rings. The van der Waals surface area contributed by atoms with Gasteiger partial charge in [0, 0.05) is 6.42 Å². The summed E-state index contributed by atoms with van der Waals surface area (Å²) in [7, 11) is -1.93. The van der Waals surface area contributed by atoms with Gasteiger partial charge >= 0.3 is 0 Å². The minimum atomic E-state index is -3.50. The highest BCUT2D eigenvalue weighted by molar-refractivity contribution is 8.05. The summed E-state index contributed by atoms with van der Waals surface area (Å²) in [4.78, 5) is 5.14. The van der Waals surface area contributed by atoms with Gasteiger partial charge in [-0.3, -0.25) is 0 Å². The summed E-state index contributed by atoms with van der Waals surface area (Å²) < 4.78 is 29.9. The largest absolute Gasteiger partial charge is 0.496 e. The average Bonchev–Trinajstić information content (AvgIpc) is 2.83. The van der Waals surface area contributed by atoms with Crippen molar-refractivity contribution >= 4 is 26.5 Å². The molecule has 2 rings (SSSR count). The molecule has 0 spiro atoms. The number of oxime groups is 1. The molecule has 1 aromatic carbocycles. The van der Waals surface area contributed by atoms with Crippen LogP contribution in [0.25, 0.3) is 0 Å². The molecule has 7 heteroatoms. The Morgan fingerprint density at radius 3 is 2.71 bits per heavy atom. The van der Waals surface area contributed by atoms with E-state index < -0.39 is 15.4 Å². The second-order valence-electron chi connectivity index (χ2n) is 5.40. The van der Waals surface area contributed by atoms with E-state index in [1.807, 2.05) is 6.92 Å². The Morgan fingerprint density at radius 1 is 1.48 bits per heavy atom. The van der Waals surface area contributed by atoms with Crippen molar-refractivity contribution in [3.05, 3.63) is 29.3 Å². The summed E-state index contributed by atoms with van der Waals surface area (Å²) in [5, 5.41) is 3.76. The molecule has 0 saturated heterocycles. The number of aryl methyl sites for hydroxylation is 1. The van der Waals surface area contributed by atoms with E-state index in [2.05, 4.69) is 5.16 Å². The molecular formula is C14H18ClNO4S. The minimum absolute atomic E-state index is 0.0547. The quantitative estimate of drug-likeness (QED) is 0.796. The van der Waals surface area contributed by atoms with Crippen molar-refractivity contribution in [2.75, 3.05) is 13.0 Å². The van der Waals surface area contributed by atoms with Gasteiger partial charge in [0.25, 0.3) is 0 Å². The predicted octanol–water partition coefficient (Wildman–Crippen LogP) is 2.65. The molecule has 1 aliphatic rings. The number of sulfone groups is 1. The highest BCUT2D eigenvalue weighted by atomic mass is 35.5. The van der Waals surface area contributed by atoms with Crippen molar-refractivity contribution in [1.29, 1.82) is 0 Å². The molecule has 5 nitrogen and oxygen atoms in total. The first-order chi connectivity index (χ1) is 9.79. The van der Waals surface area contributed by atoms with Gasteiger partial charge in [0.05, 0.1) is 18.7 Å². The summed E-state index contributed by atoms with van der Waals surface area (Å²) in [6.45, 7) is 3.61. The van der Waals surface area contributed by atoms with E-state index in [0.717, 1.165) is 11.3 Å². The molecular weight excluding hydrogens is 314 g/mol. The molecule has 116 valence electrons. The lowest BCUT2D eigenvalue weighted by Crippen LogP contribution is -2.28. The van der Waals surface area contributed by atoms with Crippen LogP contribution >= 0.6 is 11.6 Å². The Labute approximate surface area is 129 Å². The smallest absolute Gasteiger partial charge is 0.199 e. The monoisotopic (exact) mass is 331 g/mol. The maximum absolute atomic E-state index is 12.4. The first-order valence-electron chi connectivity index (χ1n) is 6.47. The first-order valence-corrected chi connectivity index (χ1v) is 8.66. The van der Waals surface area contributed by atoms with Crippen molar-refractivity contribution in [1.82, 2.24) is 0 Å². The van der Waals surface area contributed by atoms with Crippen LogP contribution in [-0.2, 0) is 20.4 Å². The molecule has 0 radical (unpaired) electrons. The number of alkyl halides is 1. The zero-order valence-electron chi connectivity index (χ0n) is 12.2. The summed E-state index contributed by atoms with van der Waals surface area (Å²) in [5.41, 5.74) is 0.843. The maximum atomic E-state index is 12.4. The Balaban J connectivity index is 2.17. The van der Waals surface area contributed by atoms with Crippen LogP contribution < -0.4 is 4.74 Å². The number of ether oxygens (including phenoxy) is 1. The maximum Gasteiger partial charge on any atom is 0.199 e. The number of benzene rings is 1. The summed E-state index contributed by atoms with van der Waals surface area (Å²) in [6.07, 6.45) is 0.202. The number of halogens is 1. The van der Waals surface area contributed by atoms with Crippen LogP contribution in [0.5, 0.6) is 5.75 Å². The van der Waals surface area contributed by atoms with Gasteiger partial charge in [-0.15, -0.1) is 11.6 Å². The molecule has 0 fully saturated rings. The van der Waals surface area contributed by atoms with Crippen LogP contribution in [0.3, 0.4) is 0 Å². The van der Waals surface area contributed by atoms with Crippen molar-refractivity contribution in [2.24, 2.45) is 5.16 Å². The van der Waals surface area contributed by atoms with Crippen molar-refractivity contribution in [3.63, 3.8) is 0 Å². The lowest BCUT2D eigenvalue weighted by Gasteiger charge is -2.16. The van der Waals surface area contributed by atoms with Crippen molar-refractivity contribution in [3.8, 4) is 5.75 Å². The van der Waals surface area contributed by atoms with Gasteiger partial charge in [-0.1, -0.05) is 17.3 Å². The second-order valence-corrected chi connectivity index (χ2v) is 7.66. The van der Waals surface area contributed by atoms with Gasteiger partial charge in [0.2, 0.25) is 0 Å². The molecule has 0 aromatic heterocycles. The summed E-state index contributed by atoms with van der Waals surface area (Å²) in [5.74, 6) is 0.808. The zero-order chi connectivity index (χ0) is 15.7. The van der Waals surface area contributed by atoms with E-state index in [-0.39, 0.29) is 23.1 Å². The van der Waals surface area contributed by atoms with Gasteiger partial charge in [-0.25, -0.2) is 8.42 Å². The fourth-order valence-electron chi connectivity index (χ4n) is 2.12. The van der Waals surface area contributed by atoms with Crippen LogP contribution in [0.4, 0.5) is 0 Å². The molecule has 1 unspecified atom stereocenters. The standard InChI is InChI=1S/C14H18ClNO4S/c1-10-6-11(4-5-12(10)19-3)8-21(17,18)13-7-14(2,9-15)20-16-13/h4-6H,7-9H2,1-3H3. The lowest BCUT2D eigenvalue weighted by atomic mass is 10.1. The van der Waals surface area contributed by atoms with E-state index in [1.54, 1.807) is 32.2 Å². The van der Waals surface area contributed by atoms with Crippen LogP contribution in [0.15, 0.2) is 23.4 Å². The summed E-state index contributed by atoms with van der Waals surface area (Å²) >= 11 is 5.77. The molecule has 1 heterocycles. The van der Waals surface area contributed by atoms with E-state index in [0.29, 0.717) is 5.56 Å². The van der Waals surface area contributed by atoms with Gasteiger partial charge in [0.1, 0.15) is 5.75 Å². The number of methoxy groups -OCH3 is 1. The van der Waals surface area contributed by atoms with Gasteiger partial charge in [-0.2, -0.15) is 0 Å². The highest BCUT2D eigenvalue weighted by Gasteiger charge is 2.39. The molecule has 21 heavy (non-hydrogen) atoms. The van der Waals surface area contributed by atoms with Crippen LogP contribution in [-0.4, -0.2) is 32.1 Å². The SMILES string of the molecule is COc1ccc(CS(=O)(=O)C2=NOC(C)(CCl)C2)cc1C. The molecule has 1 atom stereocenters. The Kier molecular flexibility index (Phi) is 4.49. The molecule has 0 bridgehead atoms. The summed E-state index contributed by atoms with van der Waals surface area (Å²) in [6, 6.07) is 5.30. The predicted molar refractivity (Wildman–Crippen MR) is 82.6 cm³/mol. The van der Waals surface area contributed by atoms with Gasteiger partial charge < -0.3 is 9.57 Å². The van der Waals surface area contributed by atoms with E-state index in [4.69, 9.17) is 21.2 Å². The average molecular weight is 332 g/mol. The normalized spacial score (nSPS) is 21.8. The van der Waals surface area contributed by atoms with Gasteiger partial charge in [-0.05, 0) is 31.0 Å². The topological polar surface area (TPSA) is 65.0 Å². The Morgan fingerprint density at radius 2 is 2.19 bits per heavy atom. The zero-order valence-corrected chi connectivity index (χ0v) is 13.8. The molecule has 0 aliphatic carbocycles.